The predicted molar refractivity (Wildman–Crippen MR) is 105 cm³/mol. The smallest absolute Gasteiger partial charge is 0.185 e. The Morgan fingerprint density at radius 3 is 2.55 bits per heavy atom. The molecule has 3 rings (SSSR count). The highest BCUT2D eigenvalue weighted by Gasteiger charge is 2.28. The highest BCUT2D eigenvalue weighted by molar-refractivity contribution is 5.50. The molecule has 8 heteroatoms. The van der Waals surface area contributed by atoms with Crippen molar-refractivity contribution in [2.24, 2.45) is 5.73 Å². The number of rotatable bonds is 7. The SMILES string of the molecule is COc1ccc(CN(CC(O)C2OCC(N)CO2)c2ccc(C#N)cc2)cc1F. The average molecular weight is 401 g/mol. The Kier molecular flexibility index (Phi) is 7.01. The Balaban J connectivity index is 1.79. The molecule has 154 valence electrons. The molecule has 1 atom stereocenters. The van der Waals surface area contributed by atoms with Gasteiger partial charge in [-0.15, -0.1) is 0 Å². The van der Waals surface area contributed by atoms with Gasteiger partial charge in [-0.25, -0.2) is 4.39 Å². The summed E-state index contributed by atoms with van der Waals surface area (Å²) >= 11 is 0. The van der Waals surface area contributed by atoms with Crippen LogP contribution in [0.2, 0.25) is 0 Å². The fourth-order valence-corrected chi connectivity index (χ4v) is 3.10. The lowest BCUT2D eigenvalue weighted by atomic mass is 10.1. The van der Waals surface area contributed by atoms with E-state index in [0.717, 1.165) is 5.69 Å². The molecule has 0 radical (unpaired) electrons. The number of aliphatic hydroxyl groups is 1. The van der Waals surface area contributed by atoms with E-state index in [1.165, 1.54) is 13.2 Å². The van der Waals surface area contributed by atoms with Gasteiger partial charge < -0.3 is 30.0 Å². The summed E-state index contributed by atoms with van der Waals surface area (Å²) < 4.78 is 30.0. The number of benzene rings is 2. The molecule has 1 heterocycles. The molecule has 29 heavy (non-hydrogen) atoms. The second kappa shape index (κ2) is 9.67. The monoisotopic (exact) mass is 401 g/mol. The summed E-state index contributed by atoms with van der Waals surface area (Å²) in [5.41, 5.74) is 7.74. The van der Waals surface area contributed by atoms with Crippen molar-refractivity contribution in [1.29, 1.82) is 5.26 Å². The normalized spacial score (nSPS) is 20.0. The number of hydrogen-bond donors (Lipinski definition) is 2. The second-order valence-corrected chi connectivity index (χ2v) is 6.87. The maximum Gasteiger partial charge on any atom is 0.185 e. The van der Waals surface area contributed by atoms with Crippen molar-refractivity contribution in [3.63, 3.8) is 0 Å². The molecule has 1 unspecified atom stereocenters. The number of methoxy groups -OCH3 is 1. The van der Waals surface area contributed by atoms with Gasteiger partial charge in [0, 0.05) is 18.8 Å². The van der Waals surface area contributed by atoms with E-state index >= 15 is 0 Å². The topological polar surface area (TPSA) is 101 Å². The zero-order valence-electron chi connectivity index (χ0n) is 16.1. The molecule has 1 aliphatic heterocycles. The van der Waals surface area contributed by atoms with Crippen LogP contribution in [0.5, 0.6) is 5.75 Å². The van der Waals surface area contributed by atoms with Gasteiger partial charge in [0.25, 0.3) is 0 Å². The van der Waals surface area contributed by atoms with Gasteiger partial charge in [-0.05, 0) is 42.0 Å². The molecule has 1 saturated heterocycles. The number of nitriles is 1. The molecule has 0 spiro atoms. The summed E-state index contributed by atoms with van der Waals surface area (Å²) in [7, 11) is 1.41. The summed E-state index contributed by atoms with van der Waals surface area (Å²) in [4.78, 5) is 1.87. The van der Waals surface area contributed by atoms with Gasteiger partial charge in [-0.3, -0.25) is 0 Å². The minimum absolute atomic E-state index is 0.166. The first-order chi connectivity index (χ1) is 14.0. The van der Waals surface area contributed by atoms with E-state index in [1.807, 2.05) is 4.90 Å². The van der Waals surface area contributed by atoms with E-state index in [2.05, 4.69) is 6.07 Å². The van der Waals surface area contributed by atoms with Gasteiger partial charge in [0.15, 0.2) is 17.9 Å². The van der Waals surface area contributed by atoms with Crippen molar-refractivity contribution >= 4 is 5.69 Å². The third-order valence-corrected chi connectivity index (χ3v) is 4.62. The number of aliphatic hydroxyl groups excluding tert-OH is 1. The lowest BCUT2D eigenvalue weighted by Crippen LogP contribution is -2.49. The average Bonchev–Trinajstić information content (AvgIpc) is 2.74. The van der Waals surface area contributed by atoms with Crippen molar-refractivity contribution in [2.45, 2.75) is 25.0 Å². The molecular weight excluding hydrogens is 377 g/mol. The molecule has 0 bridgehead atoms. The molecule has 3 N–H and O–H groups in total. The predicted octanol–water partition coefficient (Wildman–Crippen LogP) is 1.77. The van der Waals surface area contributed by atoms with Gasteiger partial charge in [-0.2, -0.15) is 5.26 Å². The number of nitrogens with two attached hydrogens (primary N) is 1. The van der Waals surface area contributed by atoms with Crippen molar-refractivity contribution in [3.8, 4) is 11.8 Å². The zero-order chi connectivity index (χ0) is 20.8. The van der Waals surface area contributed by atoms with Crippen LogP contribution >= 0.6 is 0 Å². The second-order valence-electron chi connectivity index (χ2n) is 6.87. The Morgan fingerprint density at radius 2 is 1.97 bits per heavy atom. The molecule has 0 saturated carbocycles. The summed E-state index contributed by atoms with van der Waals surface area (Å²) in [6, 6.07) is 13.5. The lowest BCUT2D eigenvalue weighted by Gasteiger charge is -2.34. The molecule has 0 amide bonds. The zero-order valence-corrected chi connectivity index (χ0v) is 16.1. The fourth-order valence-electron chi connectivity index (χ4n) is 3.10. The highest BCUT2D eigenvalue weighted by Crippen LogP contribution is 2.23. The number of anilines is 1. The Morgan fingerprint density at radius 1 is 1.28 bits per heavy atom. The molecule has 7 nitrogen and oxygen atoms in total. The van der Waals surface area contributed by atoms with Crippen LogP contribution in [0.3, 0.4) is 0 Å². The van der Waals surface area contributed by atoms with Crippen LogP contribution in [-0.4, -0.2) is 50.4 Å². The number of halogens is 1. The van der Waals surface area contributed by atoms with Crippen LogP contribution in [0, 0.1) is 17.1 Å². The third-order valence-electron chi connectivity index (χ3n) is 4.62. The molecule has 0 aliphatic carbocycles. The Bertz CT molecular complexity index is 848. The van der Waals surface area contributed by atoms with E-state index in [4.69, 9.17) is 25.2 Å². The first-order valence-electron chi connectivity index (χ1n) is 9.24. The van der Waals surface area contributed by atoms with Crippen LogP contribution in [0.1, 0.15) is 11.1 Å². The maximum atomic E-state index is 14.1. The fraction of sp³-hybridized carbons (Fsp3) is 0.381. The van der Waals surface area contributed by atoms with Gasteiger partial charge >= 0.3 is 0 Å². The molecule has 0 aromatic heterocycles. The minimum Gasteiger partial charge on any atom is -0.494 e. The number of nitrogens with zero attached hydrogens (tertiary/aromatic N) is 2. The van der Waals surface area contributed by atoms with Crippen molar-refractivity contribution in [2.75, 3.05) is 31.8 Å². The summed E-state index contributed by atoms with van der Waals surface area (Å²) in [6.45, 7) is 1.13. The van der Waals surface area contributed by atoms with E-state index in [0.29, 0.717) is 30.9 Å². The standard InChI is InChI=1S/C21H24FN3O4/c1-27-20-7-4-15(8-18(20)22)10-25(17-5-2-14(9-23)3-6-17)11-19(26)21-28-12-16(24)13-29-21/h2-8,16,19,21,26H,10-13,24H2,1H3. The number of hydrogen-bond acceptors (Lipinski definition) is 7. The Hall–Kier alpha value is -2.70. The quantitative estimate of drug-likeness (QED) is 0.729. The third kappa shape index (κ3) is 5.43. The first kappa shape index (κ1) is 21.0. The largest absolute Gasteiger partial charge is 0.494 e. The van der Waals surface area contributed by atoms with Gasteiger partial charge in [0.1, 0.15) is 6.10 Å². The molecule has 1 fully saturated rings. The summed E-state index contributed by atoms with van der Waals surface area (Å²) in [5.74, 6) is -0.294. The van der Waals surface area contributed by atoms with E-state index in [1.54, 1.807) is 36.4 Å². The van der Waals surface area contributed by atoms with Crippen molar-refractivity contribution < 1.29 is 23.7 Å². The summed E-state index contributed by atoms with van der Waals surface area (Å²) in [6.07, 6.45) is -1.73. The number of ether oxygens (including phenoxy) is 3. The van der Waals surface area contributed by atoms with Crippen LogP contribution in [0.25, 0.3) is 0 Å². The lowest BCUT2D eigenvalue weighted by molar-refractivity contribution is -0.225. The molecule has 2 aromatic carbocycles. The minimum atomic E-state index is -0.943. The van der Waals surface area contributed by atoms with Crippen LogP contribution in [-0.2, 0) is 16.0 Å². The van der Waals surface area contributed by atoms with Gasteiger partial charge in [-0.1, -0.05) is 6.07 Å². The van der Waals surface area contributed by atoms with Crippen molar-refractivity contribution in [1.82, 2.24) is 0 Å². The van der Waals surface area contributed by atoms with Crippen LogP contribution in [0.15, 0.2) is 42.5 Å². The van der Waals surface area contributed by atoms with Crippen molar-refractivity contribution in [3.05, 3.63) is 59.4 Å². The van der Waals surface area contributed by atoms with E-state index in [-0.39, 0.29) is 18.3 Å². The van der Waals surface area contributed by atoms with E-state index in [9.17, 15) is 9.50 Å². The molecule has 2 aromatic rings. The summed E-state index contributed by atoms with van der Waals surface area (Å²) in [5, 5.41) is 19.6. The van der Waals surface area contributed by atoms with E-state index < -0.39 is 18.2 Å². The van der Waals surface area contributed by atoms with Crippen LogP contribution in [0.4, 0.5) is 10.1 Å². The van der Waals surface area contributed by atoms with Gasteiger partial charge in [0.2, 0.25) is 0 Å². The van der Waals surface area contributed by atoms with Gasteiger partial charge in [0.05, 0.1) is 38.0 Å². The maximum absolute atomic E-state index is 14.1. The van der Waals surface area contributed by atoms with Crippen LogP contribution < -0.4 is 15.4 Å². The Labute approximate surface area is 169 Å². The highest BCUT2D eigenvalue weighted by atomic mass is 19.1. The first-order valence-corrected chi connectivity index (χ1v) is 9.24. The molecule has 1 aliphatic rings. The molecular formula is C21H24FN3O4.